The highest BCUT2D eigenvalue weighted by atomic mass is 16.5. The van der Waals surface area contributed by atoms with Gasteiger partial charge in [-0.2, -0.15) is 0 Å². The van der Waals surface area contributed by atoms with Crippen molar-refractivity contribution in [3.8, 4) is 5.75 Å². The fourth-order valence-corrected chi connectivity index (χ4v) is 2.19. The van der Waals surface area contributed by atoms with Gasteiger partial charge in [-0.3, -0.25) is 4.99 Å². The molecule has 0 spiro atoms. The standard InChI is InChI=1S/C20H35N3O3/c1-6-21-20(22-11-12-25-14-13-24-5)23-17(4)18-7-9-19(10-8-18)26-15-16(2)3/h7-10,16-17H,6,11-15H2,1-5H3,(H2,21,22,23). The summed E-state index contributed by atoms with van der Waals surface area (Å²) in [4.78, 5) is 4.55. The first kappa shape index (κ1) is 22.3. The first-order valence-corrected chi connectivity index (χ1v) is 9.41. The van der Waals surface area contributed by atoms with Crippen LogP contribution < -0.4 is 15.4 Å². The van der Waals surface area contributed by atoms with E-state index in [1.165, 1.54) is 5.56 Å². The van der Waals surface area contributed by atoms with Crippen LogP contribution in [-0.4, -0.2) is 52.6 Å². The Morgan fingerprint density at radius 1 is 1.08 bits per heavy atom. The van der Waals surface area contributed by atoms with Crippen molar-refractivity contribution < 1.29 is 14.2 Å². The van der Waals surface area contributed by atoms with Gasteiger partial charge < -0.3 is 24.8 Å². The van der Waals surface area contributed by atoms with Crippen LogP contribution in [0, 0.1) is 5.92 Å². The third kappa shape index (κ3) is 9.63. The molecule has 1 atom stereocenters. The average Bonchev–Trinajstić information content (AvgIpc) is 2.63. The first-order chi connectivity index (χ1) is 12.6. The molecule has 148 valence electrons. The minimum Gasteiger partial charge on any atom is -0.493 e. The van der Waals surface area contributed by atoms with Crippen molar-refractivity contribution in [1.82, 2.24) is 10.6 Å². The third-order valence-electron chi connectivity index (χ3n) is 3.60. The maximum Gasteiger partial charge on any atom is 0.191 e. The van der Waals surface area contributed by atoms with Gasteiger partial charge in [0.2, 0.25) is 0 Å². The fraction of sp³-hybridized carbons (Fsp3) is 0.650. The van der Waals surface area contributed by atoms with E-state index in [9.17, 15) is 0 Å². The van der Waals surface area contributed by atoms with Crippen molar-refractivity contribution in [2.45, 2.75) is 33.7 Å². The van der Waals surface area contributed by atoms with Crippen LogP contribution in [0.2, 0.25) is 0 Å². The summed E-state index contributed by atoms with van der Waals surface area (Å²) in [6.45, 7) is 12.4. The Bertz CT molecular complexity index is 504. The van der Waals surface area contributed by atoms with Gasteiger partial charge in [0.15, 0.2) is 5.96 Å². The molecule has 26 heavy (non-hydrogen) atoms. The summed E-state index contributed by atoms with van der Waals surface area (Å²) >= 11 is 0. The largest absolute Gasteiger partial charge is 0.493 e. The number of guanidine groups is 1. The number of nitrogens with one attached hydrogen (secondary N) is 2. The molecule has 0 fully saturated rings. The number of ether oxygens (including phenoxy) is 3. The smallest absolute Gasteiger partial charge is 0.191 e. The van der Waals surface area contributed by atoms with E-state index in [1.807, 2.05) is 12.1 Å². The van der Waals surface area contributed by atoms with Crippen molar-refractivity contribution >= 4 is 5.96 Å². The molecule has 0 saturated carbocycles. The summed E-state index contributed by atoms with van der Waals surface area (Å²) in [5.41, 5.74) is 1.18. The highest BCUT2D eigenvalue weighted by Gasteiger charge is 2.08. The van der Waals surface area contributed by atoms with Crippen LogP contribution in [0.3, 0.4) is 0 Å². The van der Waals surface area contributed by atoms with E-state index in [-0.39, 0.29) is 6.04 Å². The van der Waals surface area contributed by atoms with Gasteiger partial charge in [-0.15, -0.1) is 0 Å². The lowest BCUT2D eigenvalue weighted by atomic mass is 10.1. The van der Waals surface area contributed by atoms with Gasteiger partial charge in [-0.05, 0) is 37.5 Å². The molecule has 1 aromatic carbocycles. The van der Waals surface area contributed by atoms with E-state index in [0.29, 0.717) is 32.3 Å². The van der Waals surface area contributed by atoms with Gasteiger partial charge in [-0.1, -0.05) is 26.0 Å². The molecule has 0 heterocycles. The lowest BCUT2D eigenvalue weighted by Gasteiger charge is -2.18. The predicted molar refractivity (Wildman–Crippen MR) is 107 cm³/mol. The Hall–Kier alpha value is -1.79. The summed E-state index contributed by atoms with van der Waals surface area (Å²) in [5.74, 6) is 2.21. The van der Waals surface area contributed by atoms with Crippen molar-refractivity contribution in [3.63, 3.8) is 0 Å². The molecule has 6 nitrogen and oxygen atoms in total. The Labute approximate surface area is 158 Å². The highest BCUT2D eigenvalue weighted by molar-refractivity contribution is 5.80. The van der Waals surface area contributed by atoms with Crippen molar-refractivity contribution in [2.75, 3.05) is 46.6 Å². The number of hydrogen-bond donors (Lipinski definition) is 2. The topological polar surface area (TPSA) is 64.1 Å². The van der Waals surface area contributed by atoms with E-state index in [2.05, 4.69) is 55.5 Å². The minimum atomic E-state index is 0.140. The number of rotatable bonds is 12. The van der Waals surface area contributed by atoms with Gasteiger partial charge in [-0.25, -0.2) is 0 Å². The second kappa shape index (κ2) is 13.4. The number of methoxy groups -OCH3 is 1. The Balaban J connectivity index is 2.50. The molecule has 0 amide bonds. The molecule has 0 aliphatic rings. The van der Waals surface area contributed by atoms with Crippen LogP contribution in [0.5, 0.6) is 5.75 Å². The normalized spacial score (nSPS) is 12.9. The molecule has 0 bridgehead atoms. The quantitative estimate of drug-likeness (QED) is 0.339. The first-order valence-electron chi connectivity index (χ1n) is 9.41. The maximum atomic E-state index is 5.74. The number of aliphatic imine (C=N–C) groups is 1. The monoisotopic (exact) mass is 365 g/mol. The van der Waals surface area contributed by atoms with Gasteiger partial charge in [0.05, 0.1) is 39.0 Å². The summed E-state index contributed by atoms with van der Waals surface area (Å²) in [5, 5.41) is 6.69. The predicted octanol–water partition coefficient (Wildman–Crippen LogP) is 3.00. The van der Waals surface area contributed by atoms with Crippen LogP contribution >= 0.6 is 0 Å². The average molecular weight is 366 g/mol. The van der Waals surface area contributed by atoms with E-state index < -0.39 is 0 Å². The van der Waals surface area contributed by atoms with Crippen molar-refractivity contribution in [2.24, 2.45) is 10.9 Å². The molecule has 1 unspecified atom stereocenters. The van der Waals surface area contributed by atoms with E-state index in [4.69, 9.17) is 14.2 Å². The van der Waals surface area contributed by atoms with E-state index in [0.717, 1.165) is 24.9 Å². The zero-order chi connectivity index (χ0) is 19.2. The molecule has 0 aliphatic heterocycles. The number of benzene rings is 1. The van der Waals surface area contributed by atoms with E-state index in [1.54, 1.807) is 7.11 Å². The molecule has 1 rings (SSSR count). The van der Waals surface area contributed by atoms with Gasteiger partial charge in [0.1, 0.15) is 5.75 Å². The van der Waals surface area contributed by atoms with Crippen LogP contribution in [-0.2, 0) is 9.47 Å². The summed E-state index contributed by atoms with van der Waals surface area (Å²) in [7, 11) is 1.67. The lowest BCUT2D eigenvalue weighted by molar-refractivity contribution is 0.0748. The zero-order valence-corrected chi connectivity index (χ0v) is 16.9. The van der Waals surface area contributed by atoms with Crippen LogP contribution in [0.4, 0.5) is 0 Å². The van der Waals surface area contributed by atoms with Crippen LogP contribution in [0.25, 0.3) is 0 Å². The molecule has 2 N–H and O–H groups in total. The summed E-state index contributed by atoms with van der Waals surface area (Å²) < 4.78 is 16.1. The van der Waals surface area contributed by atoms with Gasteiger partial charge in [0, 0.05) is 13.7 Å². The Morgan fingerprint density at radius 3 is 2.42 bits per heavy atom. The summed E-state index contributed by atoms with van der Waals surface area (Å²) in [6, 6.07) is 8.35. The molecule has 0 saturated heterocycles. The number of nitrogens with zero attached hydrogens (tertiary/aromatic N) is 1. The van der Waals surface area contributed by atoms with Gasteiger partial charge in [0.25, 0.3) is 0 Å². The number of hydrogen-bond acceptors (Lipinski definition) is 4. The summed E-state index contributed by atoms with van der Waals surface area (Å²) in [6.07, 6.45) is 0. The Kier molecular flexibility index (Phi) is 11.5. The minimum absolute atomic E-state index is 0.140. The zero-order valence-electron chi connectivity index (χ0n) is 16.9. The molecule has 0 radical (unpaired) electrons. The molecule has 1 aromatic rings. The SMILES string of the molecule is CCNC(=NCCOCCOC)NC(C)c1ccc(OCC(C)C)cc1. The third-order valence-corrected chi connectivity index (χ3v) is 3.60. The maximum absolute atomic E-state index is 5.74. The molecular weight excluding hydrogens is 330 g/mol. The molecule has 6 heteroatoms. The van der Waals surface area contributed by atoms with Crippen molar-refractivity contribution in [3.05, 3.63) is 29.8 Å². The van der Waals surface area contributed by atoms with Gasteiger partial charge >= 0.3 is 0 Å². The second-order valence-corrected chi connectivity index (χ2v) is 6.51. The Morgan fingerprint density at radius 2 is 1.81 bits per heavy atom. The van der Waals surface area contributed by atoms with E-state index >= 15 is 0 Å². The fourth-order valence-electron chi connectivity index (χ4n) is 2.19. The van der Waals surface area contributed by atoms with Crippen LogP contribution in [0.1, 0.15) is 39.3 Å². The van der Waals surface area contributed by atoms with Crippen molar-refractivity contribution in [1.29, 1.82) is 0 Å². The second-order valence-electron chi connectivity index (χ2n) is 6.51. The van der Waals surface area contributed by atoms with Crippen LogP contribution in [0.15, 0.2) is 29.3 Å². The molecule has 0 aliphatic carbocycles. The molecular formula is C20H35N3O3. The highest BCUT2D eigenvalue weighted by Crippen LogP contribution is 2.18. The lowest BCUT2D eigenvalue weighted by Crippen LogP contribution is -2.39. The molecule has 0 aromatic heterocycles.